The van der Waals surface area contributed by atoms with Gasteiger partial charge >= 0.3 is 0 Å². The Morgan fingerprint density at radius 1 is 0.794 bits per heavy atom. The SMILES string of the molecule is COc1ccc(C(=O)C(=O)c2ccc(C#N)cc2)c(C(N)(c2ccccc2)c2ccccc2)c1. The summed E-state index contributed by atoms with van der Waals surface area (Å²) < 4.78 is 5.44. The van der Waals surface area contributed by atoms with E-state index in [0.29, 0.717) is 16.9 Å². The van der Waals surface area contributed by atoms with Crippen molar-refractivity contribution < 1.29 is 14.3 Å². The van der Waals surface area contributed by atoms with E-state index in [2.05, 4.69) is 0 Å². The van der Waals surface area contributed by atoms with Crippen LogP contribution in [0.1, 0.15) is 43.0 Å². The molecular formula is C29H22N2O3. The van der Waals surface area contributed by atoms with Gasteiger partial charge in [-0.15, -0.1) is 0 Å². The average Bonchev–Trinajstić information content (AvgIpc) is 2.92. The number of benzene rings is 4. The molecule has 0 heterocycles. The van der Waals surface area contributed by atoms with E-state index in [1.54, 1.807) is 18.2 Å². The van der Waals surface area contributed by atoms with E-state index in [1.165, 1.54) is 31.4 Å². The summed E-state index contributed by atoms with van der Waals surface area (Å²) in [6.45, 7) is 0. The van der Waals surface area contributed by atoms with Crippen molar-refractivity contribution in [2.75, 3.05) is 7.11 Å². The first-order valence-corrected chi connectivity index (χ1v) is 10.7. The van der Waals surface area contributed by atoms with Crippen LogP contribution in [-0.2, 0) is 5.54 Å². The summed E-state index contributed by atoms with van der Waals surface area (Å²) in [5.41, 5.74) is 8.68. The van der Waals surface area contributed by atoms with Crippen molar-refractivity contribution in [1.29, 1.82) is 5.26 Å². The lowest BCUT2D eigenvalue weighted by molar-refractivity contribution is 0.0816. The maximum absolute atomic E-state index is 13.5. The summed E-state index contributed by atoms with van der Waals surface area (Å²) in [7, 11) is 1.53. The van der Waals surface area contributed by atoms with Gasteiger partial charge in [0.15, 0.2) is 0 Å². The summed E-state index contributed by atoms with van der Waals surface area (Å²) in [6, 6.07) is 31.8. The predicted octanol–water partition coefficient (Wildman–Crippen LogP) is 4.88. The Morgan fingerprint density at radius 3 is 1.85 bits per heavy atom. The molecule has 4 aromatic rings. The predicted molar refractivity (Wildman–Crippen MR) is 130 cm³/mol. The number of hydrogen-bond acceptors (Lipinski definition) is 5. The van der Waals surface area contributed by atoms with Crippen LogP contribution in [0.15, 0.2) is 103 Å². The van der Waals surface area contributed by atoms with Gasteiger partial charge < -0.3 is 10.5 Å². The average molecular weight is 447 g/mol. The Morgan fingerprint density at radius 2 is 1.35 bits per heavy atom. The van der Waals surface area contributed by atoms with Crippen LogP contribution in [0.25, 0.3) is 0 Å². The molecule has 4 rings (SSSR count). The first kappa shape index (κ1) is 22.7. The maximum Gasteiger partial charge on any atom is 0.233 e. The van der Waals surface area contributed by atoms with Gasteiger partial charge in [0.2, 0.25) is 11.6 Å². The van der Waals surface area contributed by atoms with Gasteiger partial charge in [0.25, 0.3) is 0 Å². The third-order valence-corrected chi connectivity index (χ3v) is 5.84. The second-order valence-electron chi connectivity index (χ2n) is 7.80. The summed E-state index contributed by atoms with van der Waals surface area (Å²) >= 11 is 0. The minimum Gasteiger partial charge on any atom is -0.497 e. The Labute approximate surface area is 198 Å². The zero-order valence-corrected chi connectivity index (χ0v) is 18.6. The quantitative estimate of drug-likeness (QED) is 0.248. The number of nitrogens with zero attached hydrogens (tertiary/aromatic N) is 1. The lowest BCUT2D eigenvalue weighted by Crippen LogP contribution is -2.41. The number of carbonyl (C=O) groups excluding carboxylic acids is 2. The van der Waals surface area contributed by atoms with Crippen LogP contribution < -0.4 is 10.5 Å². The number of rotatable bonds is 7. The molecule has 0 aliphatic heterocycles. The minimum atomic E-state index is -1.23. The van der Waals surface area contributed by atoms with E-state index >= 15 is 0 Å². The topological polar surface area (TPSA) is 93.2 Å². The second kappa shape index (κ2) is 9.53. The summed E-state index contributed by atoms with van der Waals surface area (Å²) in [4.78, 5) is 26.7. The minimum absolute atomic E-state index is 0.186. The number of nitrogens with two attached hydrogens (primary N) is 1. The van der Waals surface area contributed by atoms with Crippen molar-refractivity contribution in [2.24, 2.45) is 5.73 Å². The molecular weight excluding hydrogens is 424 g/mol. The van der Waals surface area contributed by atoms with Gasteiger partial charge in [-0.05, 0) is 59.2 Å². The molecule has 0 aliphatic carbocycles. The first-order chi connectivity index (χ1) is 16.5. The van der Waals surface area contributed by atoms with Crippen LogP contribution in [0.3, 0.4) is 0 Å². The third kappa shape index (κ3) is 4.11. The molecule has 0 saturated heterocycles. The Kier molecular flexibility index (Phi) is 6.35. The highest BCUT2D eigenvalue weighted by Gasteiger charge is 2.37. The van der Waals surface area contributed by atoms with Crippen molar-refractivity contribution in [3.63, 3.8) is 0 Å². The number of ketones is 2. The number of hydrogen-bond donors (Lipinski definition) is 1. The van der Waals surface area contributed by atoms with E-state index in [-0.39, 0.29) is 11.1 Å². The van der Waals surface area contributed by atoms with E-state index < -0.39 is 17.1 Å². The molecule has 0 radical (unpaired) electrons. The van der Waals surface area contributed by atoms with Crippen LogP contribution in [-0.4, -0.2) is 18.7 Å². The van der Waals surface area contributed by atoms with Crippen LogP contribution in [0, 0.1) is 11.3 Å². The summed E-state index contributed by atoms with van der Waals surface area (Å²) in [6.07, 6.45) is 0. The Balaban J connectivity index is 1.92. The number of Topliss-reactive ketones (excluding diaryl/α,β-unsaturated/α-hetero) is 2. The highest BCUT2D eigenvalue weighted by Crippen LogP contribution is 2.38. The van der Waals surface area contributed by atoms with Gasteiger partial charge in [-0.1, -0.05) is 60.7 Å². The van der Waals surface area contributed by atoms with Gasteiger partial charge in [0.05, 0.1) is 24.3 Å². The summed E-state index contributed by atoms with van der Waals surface area (Å²) in [5.74, 6) is -0.859. The maximum atomic E-state index is 13.5. The fraction of sp³-hybridized carbons (Fsp3) is 0.0690. The molecule has 0 atom stereocenters. The number of ether oxygens (including phenoxy) is 1. The zero-order valence-electron chi connectivity index (χ0n) is 18.6. The van der Waals surface area contributed by atoms with Gasteiger partial charge in [0, 0.05) is 11.1 Å². The van der Waals surface area contributed by atoms with Gasteiger partial charge in [0.1, 0.15) is 5.75 Å². The highest BCUT2D eigenvalue weighted by atomic mass is 16.5. The van der Waals surface area contributed by atoms with E-state index in [1.807, 2.05) is 66.7 Å². The number of nitriles is 1. The number of carbonyl (C=O) groups is 2. The molecule has 0 bridgehead atoms. The lowest BCUT2D eigenvalue weighted by Gasteiger charge is -2.33. The molecule has 4 aromatic carbocycles. The van der Waals surface area contributed by atoms with Crippen LogP contribution in [0.4, 0.5) is 0 Å². The first-order valence-electron chi connectivity index (χ1n) is 10.7. The standard InChI is InChI=1S/C29H22N2O3/c1-34-24-16-17-25(28(33)27(32)21-14-12-20(19-30)13-15-21)26(18-24)29(31,22-8-4-2-5-9-22)23-10-6-3-7-11-23/h2-18H,31H2,1H3. The van der Waals surface area contributed by atoms with Crippen molar-refractivity contribution >= 4 is 11.6 Å². The highest BCUT2D eigenvalue weighted by molar-refractivity contribution is 6.49. The van der Waals surface area contributed by atoms with Gasteiger partial charge in [-0.2, -0.15) is 5.26 Å². The molecule has 2 N–H and O–H groups in total. The molecule has 166 valence electrons. The molecule has 5 nitrogen and oxygen atoms in total. The lowest BCUT2D eigenvalue weighted by atomic mass is 9.75. The van der Waals surface area contributed by atoms with Crippen molar-refractivity contribution in [3.05, 3.63) is 137 Å². The fourth-order valence-electron chi connectivity index (χ4n) is 4.00. The van der Waals surface area contributed by atoms with Crippen molar-refractivity contribution in [1.82, 2.24) is 0 Å². The molecule has 0 aromatic heterocycles. The van der Waals surface area contributed by atoms with Gasteiger partial charge in [-0.3, -0.25) is 9.59 Å². The molecule has 0 fully saturated rings. The van der Waals surface area contributed by atoms with Crippen molar-refractivity contribution in [2.45, 2.75) is 5.54 Å². The molecule has 5 heteroatoms. The van der Waals surface area contributed by atoms with Crippen LogP contribution in [0.5, 0.6) is 5.75 Å². The Hall–Kier alpha value is -4.53. The number of methoxy groups -OCH3 is 1. The molecule has 0 saturated carbocycles. The van der Waals surface area contributed by atoms with Crippen LogP contribution in [0.2, 0.25) is 0 Å². The monoisotopic (exact) mass is 446 g/mol. The third-order valence-electron chi connectivity index (χ3n) is 5.84. The molecule has 0 spiro atoms. The normalized spacial score (nSPS) is 10.9. The largest absolute Gasteiger partial charge is 0.497 e. The summed E-state index contributed by atoms with van der Waals surface area (Å²) in [5, 5.41) is 9.02. The van der Waals surface area contributed by atoms with Crippen LogP contribution >= 0.6 is 0 Å². The smallest absolute Gasteiger partial charge is 0.233 e. The molecule has 0 unspecified atom stereocenters. The zero-order chi connectivity index (χ0) is 24.1. The molecule has 0 amide bonds. The van der Waals surface area contributed by atoms with E-state index in [0.717, 1.165) is 11.1 Å². The molecule has 34 heavy (non-hydrogen) atoms. The van der Waals surface area contributed by atoms with E-state index in [4.69, 9.17) is 15.7 Å². The molecule has 0 aliphatic rings. The van der Waals surface area contributed by atoms with Crippen molar-refractivity contribution in [3.8, 4) is 11.8 Å². The Bertz CT molecular complexity index is 1330. The van der Waals surface area contributed by atoms with E-state index in [9.17, 15) is 9.59 Å². The van der Waals surface area contributed by atoms with Gasteiger partial charge in [-0.25, -0.2) is 0 Å². The second-order valence-corrected chi connectivity index (χ2v) is 7.80. The fourth-order valence-corrected chi connectivity index (χ4v) is 4.00.